The highest BCUT2D eigenvalue weighted by atomic mass is 16.2. The van der Waals surface area contributed by atoms with Gasteiger partial charge >= 0.3 is 0 Å². The molecule has 1 aromatic rings. The fourth-order valence-electron chi connectivity index (χ4n) is 3.20. The van der Waals surface area contributed by atoms with E-state index in [0.29, 0.717) is 12.0 Å². The van der Waals surface area contributed by atoms with E-state index in [0.717, 1.165) is 49.4 Å². The van der Waals surface area contributed by atoms with Crippen molar-refractivity contribution >= 4 is 5.91 Å². The Hall–Kier alpha value is -1.36. The van der Waals surface area contributed by atoms with Crippen LogP contribution in [0.15, 0.2) is 0 Å². The highest BCUT2D eigenvalue weighted by Gasteiger charge is 2.30. The molecular weight excluding hydrogens is 264 g/mol. The summed E-state index contributed by atoms with van der Waals surface area (Å²) in [6.07, 6.45) is 2.19. The lowest BCUT2D eigenvalue weighted by Gasteiger charge is -2.37. The van der Waals surface area contributed by atoms with Gasteiger partial charge in [-0.3, -0.25) is 9.48 Å². The van der Waals surface area contributed by atoms with Crippen molar-refractivity contribution in [3.05, 3.63) is 17.0 Å². The second-order valence-corrected chi connectivity index (χ2v) is 6.25. The molecule has 1 aliphatic rings. The standard InChI is InChI=1S/C16H28N4O/c1-6-8-17-14-7-9-20(10-11(14)2)16(21)15-12(3)18-19(5)13(15)4/h11,14,17H,6-10H2,1-5H3. The van der Waals surface area contributed by atoms with Crippen molar-refractivity contribution < 1.29 is 4.79 Å². The van der Waals surface area contributed by atoms with Crippen LogP contribution in [0, 0.1) is 19.8 Å². The number of aryl methyl sites for hydroxylation is 2. The molecule has 2 heterocycles. The molecule has 21 heavy (non-hydrogen) atoms. The lowest BCUT2D eigenvalue weighted by Crippen LogP contribution is -2.50. The quantitative estimate of drug-likeness (QED) is 0.922. The highest BCUT2D eigenvalue weighted by molar-refractivity contribution is 5.96. The zero-order chi connectivity index (χ0) is 15.6. The first-order chi connectivity index (χ1) is 9.95. The molecule has 0 radical (unpaired) electrons. The molecule has 1 saturated heterocycles. The summed E-state index contributed by atoms with van der Waals surface area (Å²) in [5, 5.41) is 7.95. The van der Waals surface area contributed by atoms with E-state index in [1.165, 1.54) is 0 Å². The van der Waals surface area contributed by atoms with Crippen molar-refractivity contribution in [2.24, 2.45) is 13.0 Å². The summed E-state index contributed by atoms with van der Waals surface area (Å²) in [5.41, 5.74) is 2.57. The highest BCUT2D eigenvalue weighted by Crippen LogP contribution is 2.21. The van der Waals surface area contributed by atoms with Gasteiger partial charge in [0.25, 0.3) is 5.91 Å². The maximum Gasteiger partial charge on any atom is 0.257 e. The zero-order valence-electron chi connectivity index (χ0n) is 13.9. The Bertz CT molecular complexity index is 509. The molecular formula is C16H28N4O. The monoisotopic (exact) mass is 292 g/mol. The zero-order valence-corrected chi connectivity index (χ0v) is 13.9. The number of hydrogen-bond donors (Lipinski definition) is 1. The number of carbonyl (C=O) groups excluding carboxylic acids is 1. The van der Waals surface area contributed by atoms with Crippen LogP contribution in [0.2, 0.25) is 0 Å². The minimum absolute atomic E-state index is 0.138. The molecule has 118 valence electrons. The minimum atomic E-state index is 0.138. The topological polar surface area (TPSA) is 50.2 Å². The Morgan fingerprint density at radius 2 is 2.14 bits per heavy atom. The molecule has 0 spiro atoms. The van der Waals surface area contributed by atoms with Crippen molar-refractivity contribution in [1.82, 2.24) is 20.0 Å². The van der Waals surface area contributed by atoms with Gasteiger partial charge in [0.2, 0.25) is 0 Å². The first-order valence-electron chi connectivity index (χ1n) is 7.98. The summed E-state index contributed by atoms with van der Waals surface area (Å²) < 4.78 is 1.79. The number of likely N-dealkylation sites (tertiary alicyclic amines) is 1. The van der Waals surface area contributed by atoms with Crippen molar-refractivity contribution in [3.8, 4) is 0 Å². The summed E-state index contributed by atoms with van der Waals surface area (Å²) in [7, 11) is 1.89. The molecule has 2 rings (SSSR count). The second kappa shape index (κ2) is 6.60. The van der Waals surface area contributed by atoms with Crippen molar-refractivity contribution in [1.29, 1.82) is 0 Å². The fraction of sp³-hybridized carbons (Fsp3) is 0.750. The van der Waals surface area contributed by atoms with E-state index in [1.807, 2.05) is 25.8 Å². The molecule has 0 aliphatic carbocycles. The predicted molar refractivity (Wildman–Crippen MR) is 84.4 cm³/mol. The average molecular weight is 292 g/mol. The van der Waals surface area contributed by atoms with Crippen LogP contribution < -0.4 is 5.32 Å². The maximum absolute atomic E-state index is 12.8. The van der Waals surface area contributed by atoms with Gasteiger partial charge in [0, 0.05) is 31.9 Å². The molecule has 1 N–H and O–H groups in total. The molecule has 2 atom stereocenters. The molecule has 1 aliphatic heterocycles. The van der Waals surface area contributed by atoms with E-state index in [1.54, 1.807) is 4.68 Å². The molecule has 0 aromatic carbocycles. The van der Waals surface area contributed by atoms with Crippen LogP contribution in [-0.4, -0.2) is 46.3 Å². The predicted octanol–water partition coefficient (Wildman–Crippen LogP) is 1.89. The normalized spacial score (nSPS) is 22.6. The second-order valence-electron chi connectivity index (χ2n) is 6.25. The summed E-state index contributed by atoms with van der Waals surface area (Å²) in [6.45, 7) is 11.0. The number of rotatable bonds is 4. The van der Waals surface area contributed by atoms with Gasteiger partial charge in [0.1, 0.15) is 0 Å². The molecule has 0 saturated carbocycles. The maximum atomic E-state index is 12.8. The van der Waals surface area contributed by atoms with Crippen molar-refractivity contribution in [3.63, 3.8) is 0 Å². The number of amides is 1. The third-order valence-electron chi connectivity index (χ3n) is 4.57. The molecule has 1 amide bonds. The number of piperidine rings is 1. The smallest absolute Gasteiger partial charge is 0.257 e. The van der Waals surface area contributed by atoms with Gasteiger partial charge in [-0.2, -0.15) is 5.10 Å². The Labute approximate surface area is 127 Å². The average Bonchev–Trinajstić information content (AvgIpc) is 2.70. The summed E-state index contributed by atoms with van der Waals surface area (Å²) in [5.74, 6) is 0.630. The third-order valence-corrected chi connectivity index (χ3v) is 4.57. The van der Waals surface area contributed by atoms with Gasteiger partial charge in [-0.25, -0.2) is 0 Å². The first-order valence-corrected chi connectivity index (χ1v) is 7.98. The Morgan fingerprint density at radius 1 is 1.43 bits per heavy atom. The molecule has 0 bridgehead atoms. The third kappa shape index (κ3) is 3.28. The molecule has 5 nitrogen and oxygen atoms in total. The number of aromatic nitrogens is 2. The van der Waals surface area contributed by atoms with Crippen molar-refractivity contribution in [2.75, 3.05) is 19.6 Å². The summed E-state index contributed by atoms with van der Waals surface area (Å²) >= 11 is 0. The van der Waals surface area contributed by atoms with Crippen LogP contribution in [0.4, 0.5) is 0 Å². The van der Waals surface area contributed by atoms with Crippen LogP contribution in [0.3, 0.4) is 0 Å². The summed E-state index contributed by atoms with van der Waals surface area (Å²) in [4.78, 5) is 14.8. The van der Waals surface area contributed by atoms with Crippen molar-refractivity contribution in [2.45, 2.75) is 46.6 Å². The van der Waals surface area contributed by atoms with E-state index >= 15 is 0 Å². The van der Waals surface area contributed by atoms with E-state index in [2.05, 4.69) is 24.3 Å². The molecule has 1 fully saturated rings. The largest absolute Gasteiger partial charge is 0.338 e. The number of hydrogen-bond acceptors (Lipinski definition) is 3. The van der Waals surface area contributed by atoms with Crippen LogP contribution >= 0.6 is 0 Å². The Balaban J connectivity index is 2.05. The van der Waals surface area contributed by atoms with Gasteiger partial charge in [-0.1, -0.05) is 13.8 Å². The minimum Gasteiger partial charge on any atom is -0.338 e. The lowest BCUT2D eigenvalue weighted by molar-refractivity contribution is 0.0643. The molecule has 5 heteroatoms. The van der Waals surface area contributed by atoms with Gasteiger partial charge in [-0.05, 0) is 39.2 Å². The van der Waals surface area contributed by atoms with Gasteiger partial charge in [-0.15, -0.1) is 0 Å². The first kappa shape index (κ1) is 16.0. The SMILES string of the molecule is CCCNC1CCN(C(=O)c2c(C)nn(C)c2C)CC1C. The van der Waals surface area contributed by atoms with Crippen LogP contribution in [0.25, 0.3) is 0 Å². The Kier molecular flexibility index (Phi) is 5.04. The number of nitrogens with one attached hydrogen (secondary N) is 1. The van der Waals surface area contributed by atoms with Crippen LogP contribution in [0.5, 0.6) is 0 Å². The molecule has 2 unspecified atom stereocenters. The van der Waals surface area contributed by atoms with E-state index in [4.69, 9.17) is 0 Å². The lowest BCUT2D eigenvalue weighted by atomic mass is 9.93. The fourth-order valence-corrected chi connectivity index (χ4v) is 3.20. The van der Waals surface area contributed by atoms with Crippen LogP contribution in [-0.2, 0) is 7.05 Å². The van der Waals surface area contributed by atoms with Gasteiger partial charge in [0.15, 0.2) is 0 Å². The summed E-state index contributed by atoms with van der Waals surface area (Å²) in [6, 6.07) is 0.532. The van der Waals surface area contributed by atoms with Crippen LogP contribution in [0.1, 0.15) is 48.4 Å². The van der Waals surface area contributed by atoms with E-state index in [-0.39, 0.29) is 5.91 Å². The Morgan fingerprint density at radius 3 is 2.67 bits per heavy atom. The van der Waals surface area contributed by atoms with Gasteiger partial charge < -0.3 is 10.2 Å². The molecule has 1 aromatic heterocycles. The number of carbonyl (C=O) groups is 1. The van der Waals surface area contributed by atoms with Gasteiger partial charge in [0.05, 0.1) is 11.3 Å². The number of nitrogens with zero attached hydrogens (tertiary/aromatic N) is 3. The van der Waals surface area contributed by atoms with E-state index in [9.17, 15) is 4.79 Å². The van der Waals surface area contributed by atoms with E-state index < -0.39 is 0 Å².